The summed E-state index contributed by atoms with van der Waals surface area (Å²) in [6.07, 6.45) is 1.63. The van der Waals surface area contributed by atoms with Crippen molar-refractivity contribution >= 4 is 5.69 Å². The summed E-state index contributed by atoms with van der Waals surface area (Å²) in [5.74, 6) is 0. The molecule has 0 aliphatic heterocycles. The maximum Gasteiger partial charge on any atom is 0.268 e. The lowest BCUT2D eigenvalue weighted by atomic mass is 10.4. The fourth-order valence-electron chi connectivity index (χ4n) is 1.19. The van der Waals surface area contributed by atoms with Gasteiger partial charge in [0.25, 0.3) is 5.56 Å². The normalized spacial score (nSPS) is 12.5. The van der Waals surface area contributed by atoms with Crippen molar-refractivity contribution in [2.75, 3.05) is 19.0 Å². The zero-order chi connectivity index (χ0) is 11.3. The minimum Gasteiger partial charge on any atom is -0.384 e. The molecule has 0 aliphatic carbocycles. The summed E-state index contributed by atoms with van der Waals surface area (Å²) in [4.78, 5) is 11.6. The number of nitrogens with one attached hydrogen (secondary N) is 1. The van der Waals surface area contributed by atoms with Crippen LogP contribution in [0, 0.1) is 0 Å². The van der Waals surface area contributed by atoms with Crippen LogP contribution in [0.2, 0.25) is 0 Å². The van der Waals surface area contributed by atoms with Gasteiger partial charge in [-0.25, -0.2) is 4.68 Å². The van der Waals surface area contributed by atoms with Gasteiger partial charge in [-0.2, -0.15) is 5.10 Å². The first-order chi connectivity index (χ1) is 7.17. The lowest BCUT2D eigenvalue weighted by molar-refractivity contribution is 0.0984. The number of ether oxygens (including phenoxy) is 1. The highest BCUT2D eigenvalue weighted by molar-refractivity contribution is 5.38. The molecule has 84 valence electrons. The van der Waals surface area contributed by atoms with Gasteiger partial charge in [0.05, 0.1) is 24.5 Å². The first-order valence-electron chi connectivity index (χ1n) is 5.01. The second-order valence-corrected chi connectivity index (χ2v) is 3.34. The summed E-state index contributed by atoms with van der Waals surface area (Å²) in [5, 5.41) is 7.08. The van der Waals surface area contributed by atoms with Crippen LogP contribution in [0.3, 0.4) is 0 Å². The van der Waals surface area contributed by atoms with E-state index in [4.69, 9.17) is 4.74 Å². The summed E-state index contributed by atoms with van der Waals surface area (Å²) in [7, 11) is 1.61. The molecule has 0 aromatic carbocycles. The van der Waals surface area contributed by atoms with Gasteiger partial charge in [-0.15, -0.1) is 0 Å². The van der Waals surface area contributed by atoms with Crippen LogP contribution >= 0.6 is 0 Å². The minimum atomic E-state index is -0.114. The summed E-state index contributed by atoms with van der Waals surface area (Å²) in [6, 6.07) is 1.54. The molecule has 1 aromatic heterocycles. The smallest absolute Gasteiger partial charge is 0.268 e. The van der Waals surface area contributed by atoms with Crippen LogP contribution < -0.4 is 10.9 Å². The van der Waals surface area contributed by atoms with E-state index in [0.29, 0.717) is 6.54 Å². The van der Waals surface area contributed by atoms with Gasteiger partial charge >= 0.3 is 0 Å². The van der Waals surface area contributed by atoms with Crippen LogP contribution in [-0.2, 0) is 11.3 Å². The number of hydrogen-bond acceptors (Lipinski definition) is 4. The van der Waals surface area contributed by atoms with Crippen molar-refractivity contribution in [2.45, 2.75) is 26.5 Å². The molecule has 1 unspecified atom stereocenters. The molecule has 0 spiro atoms. The van der Waals surface area contributed by atoms with E-state index in [-0.39, 0.29) is 11.7 Å². The average Bonchev–Trinajstić information content (AvgIpc) is 2.22. The van der Waals surface area contributed by atoms with Crippen LogP contribution in [0.4, 0.5) is 5.69 Å². The van der Waals surface area contributed by atoms with Gasteiger partial charge in [-0.3, -0.25) is 4.79 Å². The Kier molecular flexibility index (Phi) is 4.30. The van der Waals surface area contributed by atoms with Crippen LogP contribution in [-0.4, -0.2) is 29.5 Å². The van der Waals surface area contributed by atoms with Crippen molar-refractivity contribution in [3.63, 3.8) is 0 Å². The predicted octanol–water partition coefficient (Wildman–Crippen LogP) is 0.710. The maximum absolute atomic E-state index is 11.6. The molecule has 1 rings (SSSR count). The van der Waals surface area contributed by atoms with Gasteiger partial charge in [-0.05, 0) is 13.8 Å². The highest BCUT2D eigenvalue weighted by Crippen LogP contribution is 1.99. The Balaban J connectivity index is 2.79. The molecule has 0 fully saturated rings. The van der Waals surface area contributed by atoms with Crippen molar-refractivity contribution in [2.24, 2.45) is 0 Å². The average molecular weight is 211 g/mol. The third-order valence-electron chi connectivity index (χ3n) is 2.08. The second-order valence-electron chi connectivity index (χ2n) is 3.34. The van der Waals surface area contributed by atoms with E-state index in [2.05, 4.69) is 10.4 Å². The van der Waals surface area contributed by atoms with Gasteiger partial charge in [-0.1, -0.05) is 0 Å². The molecule has 1 aromatic rings. The molecule has 0 bridgehead atoms. The predicted molar refractivity (Wildman–Crippen MR) is 59.1 cm³/mol. The molecule has 5 heteroatoms. The van der Waals surface area contributed by atoms with E-state index in [1.54, 1.807) is 19.4 Å². The van der Waals surface area contributed by atoms with Gasteiger partial charge < -0.3 is 10.1 Å². The third-order valence-corrected chi connectivity index (χ3v) is 2.08. The maximum atomic E-state index is 11.6. The number of hydrogen-bond donors (Lipinski definition) is 1. The van der Waals surface area contributed by atoms with Crippen LogP contribution in [0.5, 0.6) is 0 Å². The molecule has 0 amide bonds. The van der Waals surface area contributed by atoms with Crippen molar-refractivity contribution in [1.29, 1.82) is 0 Å². The Bertz CT molecular complexity index is 362. The Morgan fingerprint density at radius 2 is 2.40 bits per heavy atom. The van der Waals surface area contributed by atoms with Crippen molar-refractivity contribution < 1.29 is 4.74 Å². The Labute approximate surface area is 89.1 Å². The summed E-state index contributed by atoms with van der Waals surface area (Å²) >= 11 is 0. The van der Waals surface area contributed by atoms with E-state index >= 15 is 0 Å². The van der Waals surface area contributed by atoms with E-state index in [1.807, 2.05) is 13.8 Å². The molecular formula is C10H17N3O2. The first-order valence-corrected chi connectivity index (χ1v) is 5.01. The van der Waals surface area contributed by atoms with E-state index in [1.165, 1.54) is 4.68 Å². The first kappa shape index (κ1) is 11.7. The fraction of sp³-hybridized carbons (Fsp3) is 0.600. The number of nitrogens with zero attached hydrogens (tertiary/aromatic N) is 2. The van der Waals surface area contributed by atoms with Crippen LogP contribution in [0.25, 0.3) is 0 Å². The standard InChI is InChI=1S/C10H17N3O2/c1-4-11-9-5-10(14)13(12-6-9)7-8(2)15-3/h5-6,8,11H,4,7H2,1-3H3. The minimum absolute atomic E-state index is 0.0137. The van der Waals surface area contributed by atoms with Gasteiger partial charge in [0, 0.05) is 19.7 Å². The molecule has 0 aliphatic rings. The number of anilines is 1. The van der Waals surface area contributed by atoms with Crippen molar-refractivity contribution in [3.8, 4) is 0 Å². The van der Waals surface area contributed by atoms with E-state index in [0.717, 1.165) is 12.2 Å². The molecule has 0 radical (unpaired) electrons. The third kappa shape index (κ3) is 3.36. The molecule has 1 N–H and O–H groups in total. The molecule has 5 nitrogen and oxygen atoms in total. The number of aromatic nitrogens is 2. The zero-order valence-corrected chi connectivity index (χ0v) is 9.36. The van der Waals surface area contributed by atoms with Crippen molar-refractivity contribution in [1.82, 2.24) is 9.78 Å². The topological polar surface area (TPSA) is 56.1 Å². The van der Waals surface area contributed by atoms with Gasteiger partial charge in [0.1, 0.15) is 0 Å². The Morgan fingerprint density at radius 1 is 1.67 bits per heavy atom. The number of rotatable bonds is 5. The van der Waals surface area contributed by atoms with Gasteiger partial charge in [0.2, 0.25) is 0 Å². The summed E-state index contributed by atoms with van der Waals surface area (Å²) in [6.45, 7) is 5.12. The highest BCUT2D eigenvalue weighted by Gasteiger charge is 2.04. The molecule has 15 heavy (non-hydrogen) atoms. The zero-order valence-electron chi connectivity index (χ0n) is 9.36. The lowest BCUT2D eigenvalue weighted by Crippen LogP contribution is -2.28. The van der Waals surface area contributed by atoms with E-state index < -0.39 is 0 Å². The molecule has 0 saturated heterocycles. The molecule has 0 saturated carbocycles. The molecular weight excluding hydrogens is 194 g/mol. The monoisotopic (exact) mass is 211 g/mol. The Morgan fingerprint density at radius 3 is 2.93 bits per heavy atom. The van der Waals surface area contributed by atoms with Crippen molar-refractivity contribution in [3.05, 3.63) is 22.6 Å². The van der Waals surface area contributed by atoms with E-state index in [9.17, 15) is 4.79 Å². The Hall–Kier alpha value is -1.36. The molecule has 1 atom stereocenters. The number of methoxy groups -OCH3 is 1. The SMILES string of the molecule is CCNc1cnn(CC(C)OC)c(=O)c1. The second kappa shape index (κ2) is 5.50. The lowest BCUT2D eigenvalue weighted by Gasteiger charge is -2.11. The quantitative estimate of drug-likeness (QED) is 0.779. The van der Waals surface area contributed by atoms with Crippen LogP contribution in [0.15, 0.2) is 17.1 Å². The fourth-order valence-corrected chi connectivity index (χ4v) is 1.19. The summed E-state index contributed by atoms with van der Waals surface area (Å²) < 4.78 is 6.47. The summed E-state index contributed by atoms with van der Waals surface area (Å²) in [5.41, 5.74) is 0.640. The molecule has 1 heterocycles. The highest BCUT2D eigenvalue weighted by atomic mass is 16.5. The van der Waals surface area contributed by atoms with Gasteiger partial charge in [0.15, 0.2) is 0 Å². The van der Waals surface area contributed by atoms with Crippen LogP contribution in [0.1, 0.15) is 13.8 Å². The largest absolute Gasteiger partial charge is 0.384 e.